The summed E-state index contributed by atoms with van der Waals surface area (Å²) in [7, 11) is 1.98. The number of fused-ring (bicyclic) bond motifs is 1. The van der Waals surface area contributed by atoms with E-state index in [0.29, 0.717) is 5.56 Å². The van der Waals surface area contributed by atoms with Crippen LogP contribution in [0.25, 0.3) is 10.9 Å². The predicted molar refractivity (Wildman–Crippen MR) is 69.0 cm³/mol. The average molecular weight is 236 g/mol. The van der Waals surface area contributed by atoms with Gasteiger partial charge >= 0.3 is 0 Å². The van der Waals surface area contributed by atoms with Crippen LogP contribution in [0.15, 0.2) is 43.0 Å². The first-order valence-corrected chi connectivity index (χ1v) is 5.72. The van der Waals surface area contributed by atoms with Crippen LogP contribution in [0.3, 0.4) is 0 Å². The van der Waals surface area contributed by atoms with Gasteiger partial charge in [0.1, 0.15) is 0 Å². The molecule has 4 heteroatoms. The Balaban J connectivity index is 2.07. The molecule has 0 aliphatic heterocycles. The van der Waals surface area contributed by atoms with Crippen molar-refractivity contribution in [3.63, 3.8) is 0 Å². The molecule has 2 aromatic heterocycles. The van der Waals surface area contributed by atoms with Gasteiger partial charge in [0.2, 0.25) is 0 Å². The van der Waals surface area contributed by atoms with Crippen LogP contribution in [0.2, 0.25) is 0 Å². The normalized spacial score (nSPS) is 10.7. The molecule has 0 atom stereocenters. The molecule has 0 unspecified atom stereocenters. The monoisotopic (exact) mass is 236 g/mol. The lowest BCUT2D eigenvalue weighted by molar-refractivity contribution is 0.743. The molecule has 0 N–H and O–H groups in total. The maximum absolute atomic E-state index is 8.95. The van der Waals surface area contributed by atoms with Crippen molar-refractivity contribution in [3.05, 3.63) is 54.2 Å². The Kier molecular flexibility index (Phi) is 2.38. The van der Waals surface area contributed by atoms with Crippen LogP contribution in [0.1, 0.15) is 11.3 Å². The largest absolute Gasteiger partial charge is 0.341 e. The summed E-state index contributed by atoms with van der Waals surface area (Å²) in [5.41, 5.74) is 2.90. The van der Waals surface area contributed by atoms with Gasteiger partial charge in [-0.3, -0.25) is 0 Å². The molecule has 1 aromatic carbocycles. The van der Waals surface area contributed by atoms with Gasteiger partial charge in [0.15, 0.2) is 0 Å². The van der Waals surface area contributed by atoms with Gasteiger partial charge in [0.05, 0.1) is 30.2 Å². The Morgan fingerprint density at radius 2 is 2.22 bits per heavy atom. The smallest absolute Gasteiger partial charge is 0.0992 e. The van der Waals surface area contributed by atoms with E-state index >= 15 is 0 Å². The van der Waals surface area contributed by atoms with Crippen molar-refractivity contribution in [1.82, 2.24) is 14.1 Å². The van der Waals surface area contributed by atoms with Gasteiger partial charge in [-0.05, 0) is 23.6 Å². The molecule has 0 fully saturated rings. The number of benzene rings is 1. The first-order chi connectivity index (χ1) is 8.78. The van der Waals surface area contributed by atoms with Gasteiger partial charge in [-0.2, -0.15) is 5.26 Å². The number of imidazole rings is 1. The molecule has 0 saturated carbocycles. The zero-order valence-electron chi connectivity index (χ0n) is 10.0. The quantitative estimate of drug-likeness (QED) is 0.685. The predicted octanol–water partition coefficient (Wildman–Crippen LogP) is 2.29. The summed E-state index contributed by atoms with van der Waals surface area (Å²) in [6, 6.07) is 9.98. The van der Waals surface area contributed by atoms with Crippen LogP contribution in [0.4, 0.5) is 0 Å². The third kappa shape index (κ3) is 1.66. The maximum atomic E-state index is 8.95. The Morgan fingerprint density at radius 1 is 1.33 bits per heavy atom. The molecular formula is C14H12N4. The van der Waals surface area contributed by atoms with E-state index < -0.39 is 0 Å². The van der Waals surface area contributed by atoms with Crippen LogP contribution in [-0.2, 0) is 13.6 Å². The van der Waals surface area contributed by atoms with E-state index in [4.69, 9.17) is 5.26 Å². The van der Waals surface area contributed by atoms with E-state index in [0.717, 1.165) is 23.1 Å². The summed E-state index contributed by atoms with van der Waals surface area (Å²) < 4.78 is 4.13. The second-order valence-electron chi connectivity index (χ2n) is 4.32. The number of hydrogen-bond acceptors (Lipinski definition) is 2. The van der Waals surface area contributed by atoms with Crippen LogP contribution in [0, 0.1) is 11.3 Å². The molecule has 2 heterocycles. The molecule has 4 nitrogen and oxygen atoms in total. The standard InChI is InChI=1S/C14H12N4/c1-17-10-16-8-13(17)9-18-5-4-12-3-2-11(7-15)6-14(12)18/h2-6,8,10H,9H2,1H3. The van der Waals surface area contributed by atoms with Gasteiger partial charge in [-0.15, -0.1) is 0 Å². The van der Waals surface area contributed by atoms with Crippen molar-refractivity contribution < 1.29 is 0 Å². The molecule has 0 aliphatic carbocycles. The first kappa shape index (κ1) is 10.6. The molecule has 3 rings (SSSR count). The van der Waals surface area contributed by atoms with Crippen molar-refractivity contribution >= 4 is 10.9 Å². The zero-order chi connectivity index (χ0) is 12.5. The minimum atomic E-state index is 0.687. The van der Waals surface area contributed by atoms with Crippen LogP contribution >= 0.6 is 0 Å². The minimum Gasteiger partial charge on any atom is -0.341 e. The highest BCUT2D eigenvalue weighted by molar-refractivity contribution is 5.81. The fourth-order valence-corrected chi connectivity index (χ4v) is 2.10. The van der Waals surface area contributed by atoms with Crippen molar-refractivity contribution in [2.45, 2.75) is 6.54 Å². The molecule has 0 amide bonds. The van der Waals surface area contributed by atoms with Crippen LogP contribution in [0.5, 0.6) is 0 Å². The molecule has 88 valence electrons. The summed E-state index contributed by atoms with van der Waals surface area (Å²) in [5.74, 6) is 0. The number of aromatic nitrogens is 3. The number of hydrogen-bond donors (Lipinski definition) is 0. The van der Waals surface area contributed by atoms with E-state index in [1.165, 1.54) is 0 Å². The van der Waals surface area contributed by atoms with Crippen molar-refractivity contribution in [1.29, 1.82) is 5.26 Å². The highest BCUT2D eigenvalue weighted by Crippen LogP contribution is 2.18. The van der Waals surface area contributed by atoms with E-state index in [1.54, 1.807) is 6.33 Å². The highest BCUT2D eigenvalue weighted by atomic mass is 15.1. The van der Waals surface area contributed by atoms with Gasteiger partial charge < -0.3 is 9.13 Å². The lowest BCUT2D eigenvalue weighted by Crippen LogP contribution is -2.02. The van der Waals surface area contributed by atoms with Crippen molar-refractivity contribution in [3.8, 4) is 6.07 Å². The third-order valence-electron chi connectivity index (χ3n) is 3.15. The molecule has 0 spiro atoms. The van der Waals surface area contributed by atoms with Gasteiger partial charge in [-0.25, -0.2) is 4.98 Å². The second-order valence-corrected chi connectivity index (χ2v) is 4.32. The SMILES string of the molecule is Cn1cncc1Cn1ccc2ccc(C#N)cc21. The van der Waals surface area contributed by atoms with Crippen LogP contribution in [-0.4, -0.2) is 14.1 Å². The minimum absolute atomic E-state index is 0.687. The number of aryl methyl sites for hydroxylation is 1. The number of nitrogens with zero attached hydrogens (tertiary/aromatic N) is 4. The first-order valence-electron chi connectivity index (χ1n) is 5.72. The molecule has 18 heavy (non-hydrogen) atoms. The highest BCUT2D eigenvalue weighted by Gasteiger charge is 2.05. The fraction of sp³-hybridized carbons (Fsp3) is 0.143. The van der Waals surface area contributed by atoms with Gasteiger partial charge in [-0.1, -0.05) is 6.07 Å². The molecule has 0 bridgehead atoms. The topological polar surface area (TPSA) is 46.5 Å². The maximum Gasteiger partial charge on any atom is 0.0992 e. The summed E-state index contributed by atoms with van der Waals surface area (Å²) in [6.07, 6.45) is 5.69. The number of nitriles is 1. The third-order valence-corrected chi connectivity index (χ3v) is 3.15. The second kappa shape index (κ2) is 4.04. The van der Waals surface area contributed by atoms with Crippen molar-refractivity contribution in [2.24, 2.45) is 7.05 Å². The van der Waals surface area contributed by atoms with E-state index in [1.807, 2.05) is 42.2 Å². The van der Waals surface area contributed by atoms with Gasteiger partial charge in [0.25, 0.3) is 0 Å². The molecule has 0 aliphatic rings. The fourth-order valence-electron chi connectivity index (χ4n) is 2.10. The summed E-state index contributed by atoms with van der Waals surface area (Å²) in [5, 5.41) is 10.1. The zero-order valence-corrected chi connectivity index (χ0v) is 10.0. The molecule has 3 aromatic rings. The lowest BCUT2D eigenvalue weighted by atomic mass is 10.2. The summed E-state index contributed by atoms with van der Waals surface area (Å²) in [6.45, 7) is 0.759. The average Bonchev–Trinajstić information content (AvgIpc) is 2.97. The molecule has 0 saturated heterocycles. The number of rotatable bonds is 2. The van der Waals surface area contributed by atoms with Crippen molar-refractivity contribution in [2.75, 3.05) is 0 Å². The van der Waals surface area contributed by atoms with Gasteiger partial charge in [0, 0.05) is 25.0 Å². The Labute approximate surface area is 105 Å². The Bertz CT molecular complexity index is 743. The Morgan fingerprint density at radius 3 is 2.94 bits per heavy atom. The Hall–Kier alpha value is -2.54. The molecular weight excluding hydrogens is 224 g/mol. The lowest BCUT2D eigenvalue weighted by Gasteiger charge is -2.06. The van der Waals surface area contributed by atoms with E-state index in [-0.39, 0.29) is 0 Å². The summed E-state index contributed by atoms with van der Waals surface area (Å²) >= 11 is 0. The summed E-state index contributed by atoms with van der Waals surface area (Å²) in [4.78, 5) is 4.11. The van der Waals surface area contributed by atoms with E-state index in [2.05, 4.69) is 21.7 Å². The van der Waals surface area contributed by atoms with Crippen LogP contribution < -0.4 is 0 Å². The molecule has 0 radical (unpaired) electrons. The van der Waals surface area contributed by atoms with E-state index in [9.17, 15) is 0 Å².